The van der Waals surface area contributed by atoms with Crippen molar-refractivity contribution in [3.63, 3.8) is 0 Å². The highest BCUT2D eigenvalue weighted by molar-refractivity contribution is 5.94. The Morgan fingerprint density at radius 3 is 2.43 bits per heavy atom. The molecule has 0 saturated heterocycles. The van der Waals surface area contributed by atoms with Crippen LogP contribution < -0.4 is 5.32 Å². The molecule has 2 aromatic rings. The summed E-state index contributed by atoms with van der Waals surface area (Å²) < 4.78 is 12.9. The number of nitrogens with zero attached hydrogens (tertiary/aromatic N) is 1. The lowest BCUT2D eigenvalue weighted by Crippen LogP contribution is -2.26. The van der Waals surface area contributed by atoms with Crippen LogP contribution in [0.1, 0.15) is 21.5 Å². The summed E-state index contributed by atoms with van der Waals surface area (Å²) in [5.41, 5.74) is 3.58. The molecule has 0 aromatic heterocycles. The van der Waals surface area contributed by atoms with Crippen LogP contribution in [0.2, 0.25) is 0 Å². The number of aryl methyl sites for hydroxylation is 1. The van der Waals surface area contributed by atoms with Gasteiger partial charge < -0.3 is 10.2 Å². The Labute approximate surface area is 124 Å². The van der Waals surface area contributed by atoms with Gasteiger partial charge in [-0.25, -0.2) is 4.39 Å². The van der Waals surface area contributed by atoms with E-state index in [4.69, 9.17) is 0 Å². The van der Waals surface area contributed by atoms with Crippen LogP contribution in [0.25, 0.3) is 0 Å². The van der Waals surface area contributed by atoms with Crippen molar-refractivity contribution in [3.05, 3.63) is 65.0 Å². The molecule has 0 fully saturated rings. The highest BCUT2D eigenvalue weighted by Crippen LogP contribution is 2.17. The summed E-state index contributed by atoms with van der Waals surface area (Å²) in [6, 6.07) is 11.8. The average Bonchev–Trinajstić information content (AvgIpc) is 2.48. The second-order valence-electron chi connectivity index (χ2n) is 5.07. The summed E-state index contributed by atoms with van der Waals surface area (Å²) in [6.07, 6.45) is 0. The van der Waals surface area contributed by atoms with Gasteiger partial charge in [-0.2, -0.15) is 0 Å². The molecule has 1 N–H and O–H groups in total. The first-order chi connectivity index (χ1) is 10.0. The first kappa shape index (κ1) is 15.0. The second-order valence-corrected chi connectivity index (χ2v) is 5.07. The molecule has 1 amide bonds. The lowest BCUT2D eigenvalue weighted by molar-refractivity contribution is 0.0785. The number of benzene rings is 2. The topological polar surface area (TPSA) is 32.3 Å². The van der Waals surface area contributed by atoms with E-state index in [1.807, 2.05) is 32.2 Å². The quantitative estimate of drug-likeness (QED) is 0.933. The maximum absolute atomic E-state index is 12.9. The third-order valence-corrected chi connectivity index (χ3v) is 3.42. The monoisotopic (exact) mass is 286 g/mol. The molecular weight excluding hydrogens is 267 g/mol. The van der Waals surface area contributed by atoms with Crippen LogP contribution in [0.4, 0.5) is 10.1 Å². The summed E-state index contributed by atoms with van der Waals surface area (Å²) >= 11 is 0. The van der Waals surface area contributed by atoms with Gasteiger partial charge in [-0.3, -0.25) is 4.79 Å². The second kappa shape index (κ2) is 6.39. The van der Waals surface area contributed by atoms with Gasteiger partial charge in [0.15, 0.2) is 0 Å². The maximum atomic E-state index is 12.9. The molecule has 0 bridgehead atoms. The molecule has 110 valence electrons. The van der Waals surface area contributed by atoms with Crippen molar-refractivity contribution in [1.82, 2.24) is 4.90 Å². The molecule has 0 heterocycles. The fourth-order valence-electron chi connectivity index (χ4n) is 2.23. The van der Waals surface area contributed by atoms with Gasteiger partial charge in [0.25, 0.3) is 5.91 Å². The molecule has 0 aliphatic carbocycles. The Kier molecular flexibility index (Phi) is 4.58. The first-order valence-electron chi connectivity index (χ1n) is 6.79. The molecule has 0 spiro atoms. The van der Waals surface area contributed by atoms with Crippen molar-refractivity contribution in [2.45, 2.75) is 13.5 Å². The zero-order valence-corrected chi connectivity index (χ0v) is 12.5. The third kappa shape index (κ3) is 3.60. The van der Waals surface area contributed by atoms with E-state index in [9.17, 15) is 9.18 Å². The van der Waals surface area contributed by atoms with Crippen LogP contribution in [0, 0.1) is 12.7 Å². The van der Waals surface area contributed by atoms with Crippen LogP contribution in [-0.2, 0) is 6.54 Å². The SMILES string of the molecule is CNc1ccc(C(=O)N(C)Cc2ccc(F)cc2)cc1C. The molecule has 21 heavy (non-hydrogen) atoms. The molecule has 4 heteroatoms. The minimum atomic E-state index is -0.272. The summed E-state index contributed by atoms with van der Waals surface area (Å²) in [5, 5.41) is 3.08. The Hall–Kier alpha value is -2.36. The van der Waals surface area contributed by atoms with E-state index in [1.165, 1.54) is 12.1 Å². The average molecular weight is 286 g/mol. The largest absolute Gasteiger partial charge is 0.388 e. The van der Waals surface area contributed by atoms with Gasteiger partial charge in [0.05, 0.1) is 0 Å². The fourth-order valence-corrected chi connectivity index (χ4v) is 2.23. The molecule has 3 nitrogen and oxygen atoms in total. The van der Waals surface area contributed by atoms with Crippen LogP contribution >= 0.6 is 0 Å². The Balaban J connectivity index is 2.11. The number of hydrogen-bond acceptors (Lipinski definition) is 2. The Morgan fingerprint density at radius 1 is 1.19 bits per heavy atom. The molecule has 0 aliphatic heterocycles. The van der Waals surface area contributed by atoms with Crippen LogP contribution in [0.15, 0.2) is 42.5 Å². The van der Waals surface area contributed by atoms with Gasteiger partial charge in [-0.1, -0.05) is 12.1 Å². The predicted octanol–water partition coefficient (Wildman–Crippen LogP) is 3.45. The van der Waals surface area contributed by atoms with E-state index in [-0.39, 0.29) is 11.7 Å². The minimum absolute atomic E-state index is 0.0509. The minimum Gasteiger partial charge on any atom is -0.388 e. The van der Waals surface area contributed by atoms with Crippen molar-refractivity contribution < 1.29 is 9.18 Å². The van der Waals surface area contributed by atoms with Gasteiger partial charge in [-0.05, 0) is 48.4 Å². The molecular formula is C17H19FN2O. The fraction of sp³-hybridized carbons (Fsp3) is 0.235. The maximum Gasteiger partial charge on any atom is 0.253 e. The molecule has 2 rings (SSSR count). The Morgan fingerprint density at radius 2 is 1.86 bits per heavy atom. The number of carbonyl (C=O) groups excluding carboxylic acids is 1. The van der Waals surface area contributed by atoms with E-state index in [1.54, 1.807) is 24.1 Å². The summed E-state index contributed by atoms with van der Waals surface area (Å²) in [7, 11) is 3.59. The van der Waals surface area contributed by atoms with E-state index < -0.39 is 0 Å². The van der Waals surface area contributed by atoms with E-state index in [0.29, 0.717) is 12.1 Å². The summed E-state index contributed by atoms with van der Waals surface area (Å²) in [6.45, 7) is 2.41. The molecule has 2 aromatic carbocycles. The molecule has 0 aliphatic rings. The van der Waals surface area contributed by atoms with Gasteiger partial charge in [0.1, 0.15) is 5.82 Å². The molecule has 0 saturated carbocycles. The number of nitrogens with one attached hydrogen (secondary N) is 1. The lowest BCUT2D eigenvalue weighted by atomic mass is 10.1. The highest BCUT2D eigenvalue weighted by atomic mass is 19.1. The smallest absolute Gasteiger partial charge is 0.253 e. The van der Waals surface area contributed by atoms with E-state index in [2.05, 4.69) is 5.32 Å². The normalized spacial score (nSPS) is 10.3. The first-order valence-corrected chi connectivity index (χ1v) is 6.79. The van der Waals surface area contributed by atoms with Crippen molar-refractivity contribution >= 4 is 11.6 Å². The van der Waals surface area contributed by atoms with Crippen molar-refractivity contribution in [2.24, 2.45) is 0 Å². The number of halogens is 1. The van der Waals surface area contributed by atoms with Crippen molar-refractivity contribution in [2.75, 3.05) is 19.4 Å². The van der Waals surface area contributed by atoms with E-state index in [0.717, 1.165) is 16.8 Å². The van der Waals surface area contributed by atoms with Gasteiger partial charge in [0, 0.05) is 31.9 Å². The zero-order valence-electron chi connectivity index (χ0n) is 12.5. The number of carbonyl (C=O) groups is 1. The van der Waals surface area contributed by atoms with Crippen LogP contribution in [0.3, 0.4) is 0 Å². The number of anilines is 1. The van der Waals surface area contributed by atoms with Gasteiger partial charge in [-0.15, -0.1) is 0 Å². The standard InChI is InChI=1S/C17H19FN2O/c1-12-10-14(6-9-16(12)19-2)17(21)20(3)11-13-4-7-15(18)8-5-13/h4-10,19H,11H2,1-3H3. The molecule has 0 atom stereocenters. The zero-order chi connectivity index (χ0) is 15.4. The number of hydrogen-bond donors (Lipinski definition) is 1. The van der Waals surface area contributed by atoms with Crippen LogP contribution in [0.5, 0.6) is 0 Å². The van der Waals surface area contributed by atoms with Crippen LogP contribution in [-0.4, -0.2) is 24.9 Å². The summed E-state index contributed by atoms with van der Waals surface area (Å²) in [5.74, 6) is -0.323. The summed E-state index contributed by atoms with van der Waals surface area (Å²) in [4.78, 5) is 14.0. The van der Waals surface area contributed by atoms with Crippen molar-refractivity contribution in [3.8, 4) is 0 Å². The highest BCUT2D eigenvalue weighted by Gasteiger charge is 2.13. The predicted molar refractivity (Wildman–Crippen MR) is 82.9 cm³/mol. The Bertz CT molecular complexity index is 638. The van der Waals surface area contributed by atoms with Crippen molar-refractivity contribution in [1.29, 1.82) is 0 Å². The third-order valence-electron chi connectivity index (χ3n) is 3.42. The van der Waals surface area contributed by atoms with Gasteiger partial charge in [0.2, 0.25) is 0 Å². The number of rotatable bonds is 4. The lowest BCUT2D eigenvalue weighted by Gasteiger charge is -2.18. The van der Waals surface area contributed by atoms with Gasteiger partial charge >= 0.3 is 0 Å². The number of amides is 1. The molecule has 0 radical (unpaired) electrons. The molecule has 0 unspecified atom stereocenters. The van der Waals surface area contributed by atoms with E-state index >= 15 is 0 Å².